The van der Waals surface area contributed by atoms with Crippen LogP contribution in [0.25, 0.3) is 0 Å². The summed E-state index contributed by atoms with van der Waals surface area (Å²) in [5.74, 6) is 1.34. The molecule has 1 amide bonds. The molecule has 4 aliphatic carbocycles. The first-order chi connectivity index (χ1) is 11.3. The Hall–Kier alpha value is -1.06. The van der Waals surface area contributed by atoms with Gasteiger partial charge in [0.15, 0.2) is 0 Å². The summed E-state index contributed by atoms with van der Waals surface area (Å²) in [5, 5.41) is 14.6. The second-order valence-corrected chi connectivity index (χ2v) is 9.14. The minimum Gasteiger partial charge on any atom is -0.390 e. The van der Waals surface area contributed by atoms with Crippen molar-refractivity contribution in [3.8, 4) is 0 Å². The van der Waals surface area contributed by atoms with Crippen LogP contribution in [0, 0.1) is 17.3 Å². The van der Waals surface area contributed by atoms with E-state index in [-0.39, 0.29) is 17.4 Å². The van der Waals surface area contributed by atoms with Crippen molar-refractivity contribution < 1.29 is 9.90 Å². The minimum absolute atomic E-state index is 0.0248. The molecule has 4 saturated carbocycles. The Kier molecular flexibility index (Phi) is 3.92. The molecule has 0 aromatic heterocycles. The van der Waals surface area contributed by atoms with Crippen molar-refractivity contribution in [2.24, 2.45) is 17.3 Å². The average Bonchev–Trinajstić information content (AvgIpc) is 2.43. The van der Waals surface area contributed by atoms with Gasteiger partial charge in [-0.1, -0.05) is 23.7 Å². The van der Waals surface area contributed by atoms with E-state index in [1.165, 1.54) is 6.42 Å². The molecule has 130 valence electrons. The highest BCUT2D eigenvalue weighted by atomic mass is 35.5. The lowest BCUT2D eigenvalue weighted by molar-refractivity contribution is -0.169. The van der Waals surface area contributed by atoms with Crippen molar-refractivity contribution in [2.75, 3.05) is 0 Å². The Morgan fingerprint density at radius 3 is 2.67 bits per heavy atom. The van der Waals surface area contributed by atoms with Crippen molar-refractivity contribution in [3.05, 3.63) is 34.9 Å². The quantitative estimate of drug-likeness (QED) is 0.855. The lowest BCUT2D eigenvalue weighted by Gasteiger charge is -2.60. The van der Waals surface area contributed by atoms with Gasteiger partial charge < -0.3 is 10.4 Å². The third-order valence-electron chi connectivity index (χ3n) is 6.41. The van der Waals surface area contributed by atoms with Crippen LogP contribution in [0.3, 0.4) is 0 Å². The van der Waals surface area contributed by atoms with Crippen LogP contribution in [0.15, 0.2) is 24.3 Å². The summed E-state index contributed by atoms with van der Waals surface area (Å²) in [7, 11) is 0. The van der Waals surface area contributed by atoms with Gasteiger partial charge in [-0.2, -0.15) is 0 Å². The average molecular weight is 348 g/mol. The number of carbonyl (C=O) groups is 1. The zero-order valence-electron chi connectivity index (χ0n) is 14.2. The van der Waals surface area contributed by atoms with Gasteiger partial charge in [-0.15, -0.1) is 0 Å². The Morgan fingerprint density at radius 1 is 1.33 bits per heavy atom. The van der Waals surface area contributed by atoms with E-state index in [9.17, 15) is 9.90 Å². The Bertz CT molecular complexity index is 645. The Morgan fingerprint density at radius 2 is 2.04 bits per heavy atom. The minimum atomic E-state index is -0.497. The predicted molar refractivity (Wildman–Crippen MR) is 94.7 cm³/mol. The van der Waals surface area contributed by atoms with Gasteiger partial charge >= 0.3 is 0 Å². The van der Waals surface area contributed by atoms with E-state index in [0.717, 1.165) is 37.7 Å². The normalized spacial score (nSPS) is 38.1. The van der Waals surface area contributed by atoms with Crippen LogP contribution in [0.4, 0.5) is 0 Å². The maximum atomic E-state index is 12.7. The Labute approximate surface area is 148 Å². The van der Waals surface area contributed by atoms with Gasteiger partial charge in [0.1, 0.15) is 0 Å². The van der Waals surface area contributed by atoms with E-state index in [1.807, 2.05) is 31.2 Å². The topological polar surface area (TPSA) is 49.3 Å². The van der Waals surface area contributed by atoms with E-state index in [1.54, 1.807) is 0 Å². The SMILES string of the molecule is CC(NC(=O)CC12CC3CC(CC(O)(C3)C1)C2)c1cccc(Cl)c1. The van der Waals surface area contributed by atoms with Crippen molar-refractivity contribution >= 4 is 17.5 Å². The van der Waals surface area contributed by atoms with Gasteiger partial charge in [-0.05, 0) is 80.4 Å². The van der Waals surface area contributed by atoms with Crippen molar-refractivity contribution in [3.63, 3.8) is 0 Å². The second kappa shape index (κ2) is 5.74. The van der Waals surface area contributed by atoms with Gasteiger partial charge in [0.05, 0.1) is 11.6 Å². The molecule has 4 fully saturated rings. The van der Waals surface area contributed by atoms with Crippen LogP contribution < -0.4 is 5.32 Å². The number of nitrogens with one attached hydrogen (secondary N) is 1. The summed E-state index contributed by atoms with van der Waals surface area (Å²) in [6.07, 6.45) is 6.75. The van der Waals surface area contributed by atoms with Gasteiger partial charge in [-0.3, -0.25) is 4.79 Å². The number of amides is 1. The maximum absolute atomic E-state index is 12.7. The van der Waals surface area contributed by atoms with E-state index >= 15 is 0 Å². The van der Waals surface area contributed by atoms with Crippen molar-refractivity contribution in [2.45, 2.75) is 63.5 Å². The molecular formula is C20H26ClNO2. The van der Waals surface area contributed by atoms with Crippen LogP contribution in [-0.4, -0.2) is 16.6 Å². The third-order valence-corrected chi connectivity index (χ3v) is 6.65. The molecule has 0 aliphatic heterocycles. The summed E-state index contributed by atoms with van der Waals surface area (Å²) in [5.41, 5.74) is 0.555. The molecule has 3 atom stereocenters. The monoisotopic (exact) mass is 347 g/mol. The number of carbonyl (C=O) groups excluding carboxylic acids is 1. The standard InChI is InChI=1S/C20H26ClNO2/c1-13(16-3-2-4-17(21)6-16)22-18(23)11-19-7-14-5-15(8-19)10-20(24,9-14)12-19/h2-4,6,13-15,24H,5,7-12H2,1H3,(H,22,23). The van der Waals surface area contributed by atoms with Crippen molar-refractivity contribution in [1.29, 1.82) is 0 Å². The highest BCUT2D eigenvalue weighted by Crippen LogP contribution is 2.62. The first-order valence-corrected chi connectivity index (χ1v) is 9.50. The summed E-state index contributed by atoms with van der Waals surface area (Å²) >= 11 is 6.05. The predicted octanol–water partition coefficient (Wildman–Crippen LogP) is 4.24. The molecule has 0 heterocycles. The molecule has 1 aromatic carbocycles. The molecule has 2 N–H and O–H groups in total. The van der Waals surface area contributed by atoms with Crippen LogP contribution in [0.1, 0.15) is 63.5 Å². The summed E-state index contributed by atoms with van der Waals surface area (Å²) in [6, 6.07) is 7.60. The molecule has 24 heavy (non-hydrogen) atoms. The molecule has 0 saturated heterocycles. The summed E-state index contributed by atoms with van der Waals surface area (Å²) in [4.78, 5) is 12.7. The molecular weight excluding hydrogens is 322 g/mol. The first kappa shape index (κ1) is 16.4. The smallest absolute Gasteiger partial charge is 0.221 e. The fourth-order valence-corrected chi connectivity index (χ4v) is 6.30. The fraction of sp³-hybridized carbons (Fsp3) is 0.650. The van der Waals surface area contributed by atoms with E-state index in [4.69, 9.17) is 11.6 Å². The van der Waals surface area contributed by atoms with Crippen LogP contribution in [0.5, 0.6) is 0 Å². The molecule has 4 bridgehead atoms. The molecule has 4 heteroatoms. The number of aliphatic hydroxyl groups is 1. The maximum Gasteiger partial charge on any atom is 0.221 e. The lowest BCUT2D eigenvalue weighted by Crippen LogP contribution is -2.56. The fourth-order valence-electron chi connectivity index (χ4n) is 6.10. The summed E-state index contributed by atoms with van der Waals surface area (Å²) < 4.78 is 0. The van der Waals surface area contributed by atoms with Crippen LogP contribution in [0.2, 0.25) is 5.02 Å². The first-order valence-electron chi connectivity index (χ1n) is 9.12. The molecule has 3 nitrogen and oxygen atoms in total. The Balaban J connectivity index is 1.43. The molecule has 5 rings (SSSR count). The highest BCUT2D eigenvalue weighted by Gasteiger charge is 2.57. The zero-order chi connectivity index (χ0) is 16.9. The molecule has 1 aromatic rings. The number of halogens is 1. The summed E-state index contributed by atoms with van der Waals surface area (Å²) in [6.45, 7) is 2.00. The van der Waals surface area contributed by atoms with Gasteiger partial charge in [-0.25, -0.2) is 0 Å². The van der Waals surface area contributed by atoms with E-state index < -0.39 is 5.60 Å². The molecule has 0 radical (unpaired) electrons. The van der Waals surface area contributed by atoms with Crippen LogP contribution >= 0.6 is 11.6 Å². The highest BCUT2D eigenvalue weighted by molar-refractivity contribution is 6.30. The molecule has 4 aliphatic rings. The van der Waals surface area contributed by atoms with Gasteiger partial charge in [0.25, 0.3) is 0 Å². The number of hydrogen-bond donors (Lipinski definition) is 2. The number of hydrogen-bond acceptors (Lipinski definition) is 2. The van der Waals surface area contributed by atoms with Crippen LogP contribution in [-0.2, 0) is 4.79 Å². The second-order valence-electron chi connectivity index (χ2n) is 8.71. The number of rotatable bonds is 4. The molecule has 3 unspecified atom stereocenters. The number of benzene rings is 1. The third kappa shape index (κ3) is 3.09. The molecule has 0 spiro atoms. The van der Waals surface area contributed by atoms with E-state index in [2.05, 4.69) is 5.32 Å². The zero-order valence-corrected chi connectivity index (χ0v) is 15.0. The van der Waals surface area contributed by atoms with Gasteiger partial charge in [0.2, 0.25) is 5.91 Å². The largest absolute Gasteiger partial charge is 0.390 e. The van der Waals surface area contributed by atoms with Crippen molar-refractivity contribution in [1.82, 2.24) is 5.32 Å². The lowest BCUT2D eigenvalue weighted by atomic mass is 9.47. The van der Waals surface area contributed by atoms with Gasteiger partial charge in [0, 0.05) is 11.4 Å². The van der Waals surface area contributed by atoms with E-state index in [0.29, 0.717) is 23.3 Å².